The lowest BCUT2D eigenvalue weighted by molar-refractivity contribution is -0.123. The monoisotopic (exact) mass is 330 g/mol. The van der Waals surface area contributed by atoms with E-state index in [1.165, 1.54) is 6.07 Å². The fourth-order valence-corrected chi connectivity index (χ4v) is 2.51. The number of amides is 1. The SMILES string of the molecule is CCN(CC(=O)NC(C)(C)C)Cc1cc(=O)n2cc(C)ccc2n1. The van der Waals surface area contributed by atoms with Gasteiger partial charge in [0.2, 0.25) is 5.91 Å². The Morgan fingerprint density at radius 2 is 2.04 bits per heavy atom. The molecule has 24 heavy (non-hydrogen) atoms. The average molecular weight is 330 g/mol. The van der Waals surface area contributed by atoms with Crippen molar-refractivity contribution in [2.45, 2.75) is 46.7 Å². The van der Waals surface area contributed by atoms with Gasteiger partial charge in [-0.05, 0) is 45.9 Å². The number of carbonyl (C=O) groups excluding carboxylic acids is 1. The number of aryl methyl sites for hydroxylation is 1. The summed E-state index contributed by atoms with van der Waals surface area (Å²) in [5, 5.41) is 2.95. The van der Waals surface area contributed by atoms with E-state index in [2.05, 4.69) is 10.3 Å². The molecular weight excluding hydrogens is 304 g/mol. The molecule has 2 aromatic heterocycles. The number of aromatic nitrogens is 2. The third-order valence-electron chi connectivity index (χ3n) is 3.57. The highest BCUT2D eigenvalue weighted by molar-refractivity contribution is 5.78. The van der Waals surface area contributed by atoms with E-state index in [-0.39, 0.29) is 23.6 Å². The number of pyridine rings is 1. The summed E-state index contributed by atoms with van der Waals surface area (Å²) in [4.78, 5) is 30.9. The molecule has 0 aliphatic rings. The minimum atomic E-state index is -0.256. The maximum absolute atomic E-state index is 12.3. The van der Waals surface area contributed by atoms with Crippen LogP contribution in [0.15, 0.2) is 29.2 Å². The fourth-order valence-electron chi connectivity index (χ4n) is 2.51. The van der Waals surface area contributed by atoms with Crippen molar-refractivity contribution in [2.75, 3.05) is 13.1 Å². The van der Waals surface area contributed by atoms with Crippen LogP contribution < -0.4 is 10.9 Å². The molecule has 0 saturated carbocycles. The van der Waals surface area contributed by atoms with Crippen molar-refractivity contribution in [3.8, 4) is 0 Å². The highest BCUT2D eigenvalue weighted by Crippen LogP contribution is 2.05. The summed E-state index contributed by atoms with van der Waals surface area (Å²) in [6.45, 7) is 11.2. The van der Waals surface area contributed by atoms with Gasteiger partial charge in [0.25, 0.3) is 5.56 Å². The largest absolute Gasteiger partial charge is 0.350 e. The number of carbonyl (C=O) groups is 1. The quantitative estimate of drug-likeness (QED) is 0.907. The van der Waals surface area contributed by atoms with Gasteiger partial charge in [-0.25, -0.2) is 4.98 Å². The minimum Gasteiger partial charge on any atom is -0.350 e. The number of nitrogens with one attached hydrogen (secondary N) is 1. The van der Waals surface area contributed by atoms with Gasteiger partial charge >= 0.3 is 0 Å². The zero-order valence-electron chi connectivity index (χ0n) is 15.1. The number of hydrogen-bond acceptors (Lipinski definition) is 4. The van der Waals surface area contributed by atoms with Crippen LogP contribution in [0.1, 0.15) is 39.0 Å². The lowest BCUT2D eigenvalue weighted by Crippen LogP contribution is -2.45. The first-order valence-electron chi connectivity index (χ1n) is 8.20. The Balaban J connectivity index is 2.16. The first kappa shape index (κ1) is 18.1. The summed E-state index contributed by atoms with van der Waals surface area (Å²) in [5.41, 5.74) is 1.95. The van der Waals surface area contributed by atoms with E-state index in [1.807, 2.05) is 51.7 Å². The van der Waals surface area contributed by atoms with E-state index in [9.17, 15) is 9.59 Å². The normalized spacial score (nSPS) is 11.9. The van der Waals surface area contributed by atoms with Gasteiger partial charge in [-0.15, -0.1) is 0 Å². The fraction of sp³-hybridized carbons (Fsp3) is 0.500. The maximum Gasteiger partial charge on any atom is 0.258 e. The number of nitrogens with zero attached hydrogens (tertiary/aromatic N) is 3. The van der Waals surface area contributed by atoms with Crippen molar-refractivity contribution in [1.82, 2.24) is 19.6 Å². The Hall–Kier alpha value is -2.21. The third kappa shape index (κ3) is 4.89. The van der Waals surface area contributed by atoms with Crippen molar-refractivity contribution in [3.05, 3.63) is 46.0 Å². The van der Waals surface area contributed by atoms with E-state index in [1.54, 1.807) is 10.6 Å². The molecule has 0 unspecified atom stereocenters. The molecule has 1 N–H and O–H groups in total. The lowest BCUT2D eigenvalue weighted by Gasteiger charge is -2.24. The van der Waals surface area contributed by atoms with Crippen molar-refractivity contribution >= 4 is 11.6 Å². The van der Waals surface area contributed by atoms with Gasteiger partial charge in [-0.3, -0.25) is 18.9 Å². The topological polar surface area (TPSA) is 66.7 Å². The van der Waals surface area contributed by atoms with Gasteiger partial charge < -0.3 is 5.32 Å². The molecule has 6 heteroatoms. The third-order valence-corrected chi connectivity index (χ3v) is 3.57. The summed E-state index contributed by atoms with van der Waals surface area (Å²) in [5.74, 6) is -0.0301. The van der Waals surface area contributed by atoms with Gasteiger partial charge in [0.1, 0.15) is 5.65 Å². The van der Waals surface area contributed by atoms with Gasteiger partial charge in [0.05, 0.1) is 12.2 Å². The molecule has 0 aliphatic heterocycles. The van der Waals surface area contributed by atoms with Crippen LogP contribution in [0.25, 0.3) is 5.65 Å². The highest BCUT2D eigenvalue weighted by atomic mass is 16.2. The Morgan fingerprint density at radius 3 is 2.67 bits per heavy atom. The second-order valence-electron chi connectivity index (χ2n) is 7.12. The van der Waals surface area contributed by atoms with Crippen molar-refractivity contribution in [2.24, 2.45) is 0 Å². The number of fused-ring (bicyclic) bond motifs is 1. The number of rotatable bonds is 5. The molecule has 0 spiro atoms. The van der Waals surface area contributed by atoms with E-state index >= 15 is 0 Å². The molecule has 0 bridgehead atoms. The predicted octanol–water partition coefficient (Wildman–Crippen LogP) is 1.74. The van der Waals surface area contributed by atoms with Gasteiger partial charge in [-0.2, -0.15) is 0 Å². The van der Waals surface area contributed by atoms with Crippen LogP contribution in [-0.4, -0.2) is 38.8 Å². The van der Waals surface area contributed by atoms with Gasteiger partial charge in [0.15, 0.2) is 0 Å². The lowest BCUT2D eigenvalue weighted by atomic mass is 10.1. The smallest absolute Gasteiger partial charge is 0.258 e. The summed E-state index contributed by atoms with van der Waals surface area (Å²) < 4.78 is 1.54. The molecule has 1 amide bonds. The molecule has 0 radical (unpaired) electrons. The molecule has 0 saturated heterocycles. The summed E-state index contributed by atoms with van der Waals surface area (Å²) in [7, 11) is 0. The molecule has 130 valence electrons. The molecule has 0 aromatic carbocycles. The van der Waals surface area contributed by atoms with Crippen LogP contribution in [0.5, 0.6) is 0 Å². The molecule has 0 atom stereocenters. The summed E-state index contributed by atoms with van der Waals surface area (Å²) in [6, 6.07) is 5.31. The van der Waals surface area contributed by atoms with E-state index < -0.39 is 0 Å². The van der Waals surface area contributed by atoms with Crippen molar-refractivity contribution in [1.29, 1.82) is 0 Å². The Kier molecular flexibility index (Phi) is 5.39. The van der Waals surface area contributed by atoms with Crippen molar-refractivity contribution in [3.63, 3.8) is 0 Å². The van der Waals surface area contributed by atoms with E-state index in [4.69, 9.17) is 0 Å². The second kappa shape index (κ2) is 7.13. The standard InChI is InChI=1S/C18H26N4O2/c1-6-21(12-16(23)20-18(3,4)5)11-14-9-17(24)22-10-13(2)7-8-15(22)19-14/h7-10H,6,11-12H2,1-5H3,(H,20,23). The predicted molar refractivity (Wildman–Crippen MR) is 95.0 cm³/mol. The highest BCUT2D eigenvalue weighted by Gasteiger charge is 2.17. The summed E-state index contributed by atoms with van der Waals surface area (Å²) in [6.07, 6.45) is 1.78. The van der Waals surface area contributed by atoms with E-state index in [0.717, 1.165) is 5.56 Å². The molecule has 2 aromatic rings. The second-order valence-corrected chi connectivity index (χ2v) is 7.12. The molecule has 0 aliphatic carbocycles. The average Bonchev–Trinajstić information content (AvgIpc) is 2.45. The molecular formula is C18H26N4O2. The zero-order chi connectivity index (χ0) is 17.9. The molecule has 6 nitrogen and oxygen atoms in total. The number of likely N-dealkylation sites (N-methyl/N-ethyl adjacent to an activating group) is 1. The molecule has 2 rings (SSSR count). The van der Waals surface area contributed by atoms with E-state index in [0.29, 0.717) is 24.4 Å². The van der Waals surface area contributed by atoms with Crippen LogP contribution in [-0.2, 0) is 11.3 Å². The maximum atomic E-state index is 12.3. The molecule has 0 fully saturated rings. The Bertz CT molecular complexity index is 790. The summed E-state index contributed by atoms with van der Waals surface area (Å²) >= 11 is 0. The van der Waals surface area contributed by atoms with Crippen LogP contribution in [0.3, 0.4) is 0 Å². The van der Waals surface area contributed by atoms with Crippen LogP contribution >= 0.6 is 0 Å². The number of hydrogen-bond donors (Lipinski definition) is 1. The van der Waals surface area contributed by atoms with Crippen LogP contribution in [0, 0.1) is 6.92 Å². The molecule has 2 heterocycles. The first-order valence-corrected chi connectivity index (χ1v) is 8.20. The van der Waals surface area contributed by atoms with Gasteiger partial charge in [-0.1, -0.05) is 13.0 Å². The Labute approximate surface area is 142 Å². The van der Waals surface area contributed by atoms with Crippen molar-refractivity contribution < 1.29 is 4.79 Å². The Morgan fingerprint density at radius 1 is 1.33 bits per heavy atom. The zero-order valence-corrected chi connectivity index (χ0v) is 15.1. The van der Waals surface area contributed by atoms with Crippen LogP contribution in [0.2, 0.25) is 0 Å². The van der Waals surface area contributed by atoms with Crippen LogP contribution in [0.4, 0.5) is 0 Å². The minimum absolute atomic E-state index is 0.0301. The van der Waals surface area contributed by atoms with Gasteiger partial charge in [0, 0.05) is 24.3 Å². The first-order chi connectivity index (χ1) is 11.2.